The van der Waals surface area contributed by atoms with Crippen LogP contribution in [0.4, 0.5) is 0 Å². The molecule has 0 aromatic carbocycles. The predicted octanol–water partition coefficient (Wildman–Crippen LogP) is -1.60. The molecule has 0 aromatic heterocycles. The van der Waals surface area contributed by atoms with Gasteiger partial charge in [-0.05, 0) is 0 Å². The van der Waals surface area contributed by atoms with Crippen molar-refractivity contribution in [3.63, 3.8) is 0 Å². The molecule has 0 aliphatic rings. The van der Waals surface area contributed by atoms with Crippen LogP contribution < -0.4 is 5.73 Å². The van der Waals surface area contributed by atoms with Crippen LogP contribution in [0.25, 0.3) is 0 Å². The van der Waals surface area contributed by atoms with E-state index in [1.807, 2.05) is 0 Å². The van der Waals surface area contributed by atoms with Crippen molar-refractivity contribution >= 4 is 28.3 Å². The molecule has 0 spiro atoms. The molecular formula is C2H5NO4SSe. The molecule has 0 aromatic rings. The summed E-state index contributed by atoms with van der Waals surface area (Å²) in [5.41, 5.74) is 4.60. The number of amides is 1. The molecule has 0 rings (SSSR count). The number of primary amides is 1. The third kappa shape index (κ3) is 7.90. The van der Waals surface area contributed by atoms with E-state index >= 15 is 0 Å². The fraction of sp³-hybridized carbons (Fsp3) is 0.500. The Morgan fingerprint density at radius 2 is 2.11 bits per heavy atom. The monoisotopic (exact) mass is 219 g/mol. The Kier molecular flexibility index (Phi) is 3.13. The summed E-state index contributed by atoms with van der Waals surface area (Å²) >= 11 is -1.11. The van der Waals surface area contributed by atoms with E-state index in [0.717, 1.165) is 0 Å². The fourth-order valence-electron chi connectivity index (χ4n) is 0.133. The van der Waals surface area contributed by atoms with Gasteiger partial charge in [0.05, 0.1) is 0 Å². The zero-order chi connectivity index (χ0) is 7.49. The van der Waals surface area contributed by atoms with Crippen molar-refractivity contribution in [2.24, 2.45) is 5.73 Å². The first-order valence-electron chi connectivity index (χ1n) is 1.82. The van der Waals surface area contributed by atoms with Crippen molar-refractivity contribution in [1.29, 1.82) is 0 Å². The van der Waals surface area contributed by atoms with Crippen molar-refractivity contribution < 1.29 is 17.8 Å². The first-order chi connectivity index (χ1) is 3.92. The number of rotatable bonds is 3. The normalized spacial score (nSPS) is 11.2. The zero-order valence-corrected chi connectivity index (χ0v) is 6.80. The molecule has 0 saturated heterocycles. The summed E-state index contributed by atoms with van der Waals surface area (Å²) in [6, 6.07) is 0. The Balaban J connectivity index is 3.67. The van der Waals surface area contributed by atoms with Crippen molar-refractivity contribution in [3.8, 4) is 0 Å². The first-order valence-corrected chi connectivity index (χ1v) is 6.49. The molecule has 9 heavy (non-hydrogen) atoms. The molecule has 0 bridgehead atoms. The van der Waals surface area contributed by atoms with Gasteiger partial charge in [0.2, 0.25) is 0 Å². The summed E-state index contributed by atoms with van der Waals surface area (Å²) in [6.07, 6.45) is 0. The van der Waals surface area contributed by atoms with Gasteiger partial charge in [-0.1, -0.05) is 0 Å². The molecular weight excluding hydrogens is 213 g/mol. The summed E-state index contributed by atoms with van der Waals surface area (Å²) in [6.45, 7) is 0. The number of carbonyl (C=O) groups is 1. The third-order valence-corrected chi connectivity index (χ3v) is 3.98. The van der Waals surface area contributed by atoms with Crippen LogP contribution >= 0.6 is 0 Å². The fourth-order valence-corrected chi connectivity index (χ4v) is 2.07. The van der Waals surface area contributed by atoms with Crippen molar-refractivity contribution in [1.82, 2.24) is 0 Å². The molecule has 0 fully saturated rings. The molecule has 54 valence electrons. The molecule has 0 aliphatic carbocycles. The van der Waals surface area contributed by atoms with Crippen LogP contribution in [0.1, 0.15) is 0 Å². The van der Waals surface area contributed by atoms with E-state index in [-0.39, 0.29) is 5.32 Å². The van der Waals surface area contributed by atoms with Crippen LogP contribution in [-0.4, -0.2) is 32.7 Å². The molecule has 5 nitrogen and oxygen atoms in total. The van der Waals surface area contributed by atoms with E-state index in [1.165, 1.54) is 0 Å². The molecule has 7 heteroatoms. The Morgan fingerprint density at radius 1 is 1.67 bits per heavy atom. The summed E-state index contributed by atoms with van der Waals surface area (Å²) in [4.78, 5) is 9.91. The molecule has 3 N–H and O–H groups in total. The number of hydrogen-bond donors (Lipinski definition) is 2. The summed E-state index contributed by atoms with van der Waals surface area (Å²) in [7, 11) is -3.96. The van der Waals surface area contributed by atoms with Crippen LogP contribution in [-0.2, 0) is 13.3 Å². The van der Waals surface area contributed by atoms with Gasteiger partial charge in [-0.25, -0.2) is 0 Å². The summed E-state index contributed by atoms with van der Waals surface area (Å²) < 4.78 is 27.9. The Labute approximate surface area is 57.6 Å². The van der Waals surface area contributed by atoms with E-state index in [4.69, 9.17) is 4.55 Å². The van der Waals surface area contributed by atoms with Gasteiger partial charge in [0.25, 0.3) is 0 Å². The maximum absolute atomic E-state index is 9.91. The Morgan fingerprint density at radius 3 is 2.22 bits per heavy atom. The summed E-state index contributed by atoms with van der Waals surface area (Å²) in [5.74, 6) is -0.715. The topological polar surface area (TPSA) is 97.5 Å². The Bertz CT molecular complexity index is 197. The molecule has 0 saturated carbocycles. The van der Waals surface area contributed by atoms with Gasteiger partial charge in [0, 0.05) is 0 Å². The van der Waals surface area contributed by atoms with Gasteiger partial charge in [-0.2, -0.15) is 0 Å². The van der Waals surface area contributed by atoms with E-state index in [9.17, 15) is 13.2 Å². The second kappa shape index (κ2) is 3.17. The minimum atomic E-state index is -3.96. The van der Waals surface area contributed by atoms with Gasteiger partial charge in [-0.3, -0.25) is 0 Å². The first kappa shape index (κ1) is 8.90. The van der Waals surface area contributed by atoms with E-state index < -0.39 is 28.3 Å². The molecule has 0 heterocycles. The average Bonchev–Trinajstić information content (AvgIpc) is 1.59. The average molecular weight is 218 g/mol. The van der Waals surface area contributed by atoms with Crippen molar-refractivity contribution in [3.05, 3.63) is 0 Å². The maximum atomic E-state index is 9.91. The number of carbonyl (C=O) groups excluding carboxylic acids is 1. The number of nitrogens with two attached hydrogens (primary N) is 1. The zero-order valence-electron chi connectivity index (χ0n) is 4.27. The summed E-state index contributed by atoms with van der Waals surface area (Å²) in [5, 5.41) is -0.272. The van der Waals surface area contributed by atoms with Gasteiger partial charge >= 0.3 is 57.1 Å². The van der Waals surface area contributed by atoms with Crippen LogP contribution in [0.3, 0.4) is 0 Å². The van der Waals surface area contributed by atoms with Crippen LogP contribution in [0, 0.1) is 0 Å². The van der Waals surface area contributed by atoms with Gasteiger partial charge in [0.1, 0.15) is 0 Å². The molecule has 0 atom stereocenters. The molecule has 0 unspecified atom stereocenters. The van der Waals surface area contributed by atoms with Gasteiger partial charge < -0.3 is 0 Å². The molecule has 0 aliphatic heterocycles. The molecule has 1 amide bonds. The second-order valence-electron chi connectivity index (χ2n) is 1.16. The third-order valence-electron chi connectivity index (χ3n) is 0.350. The number of hydrogen-bond acceptors (Lipinski definition) is 3. The van der Waals surface area contributed by atoms with Crippen LogP contribution in [0.2, 0.25) is 5.32 Å². The van der Waals surface area contributed by atoms with E-state index in [2.05, 4.69) is 5.73 Å². The van der Waals surface area contributed by atoms with E-state index in [1.54, 1.807) is 0 Å². The standard InChI is InChI=1S/C2H5NO4SSe/c3-2(4)1-9-8(5,6)7/h1H2,(H2,3,4)(H,5,6,7). The van der Waals surface area contributed by atoms with Gasteiger partial charge in [-0.15, -0.1) is 0 Å². The van der Waals surface area contributed by atoms with Crippen LogP contribution in [0.15, 0.2) is 0 Å². The Hall–Kier alpha value is -0.101. The predicted molar refractivity (Wildman–Crippen MR) is 31.3 cm³/mol. The SMILES string of the molecule is NC(=O)C[Se]S(=O)(=O)O. The van der Waals surface area contributed by atoms with E-state index in [0.29, 0.717) is 0 Å². The second-order valence-corrected chi connectivity index (χ2v) is 6.99. The van der Waals surface area contributed by atoms with Crippen LogP contribution in [0.5, 0.6) is 0 Å². The van der Waals surface area contributed by atoms with Gasteiger partial charge in [0.15, 0.2) is 0 Å². The van der Waals surface area contributed by atoms with Crippen molar-refractivity contribution in [2.45, 2.75) is 5.32 Å². The quantitative estimate of drug-likeness (QED) is 0.440. The minimum absolute atomic E-state index is 0.272. The van der Waals surface area contributed by atoms with Crippen molar-refractivity contribution in [2.75, 3.05) is 0 Å². The molecule has 0 radical (unpaired) electrons.